The molecule has 2 unspecified atom stereocenters. The molecule has 0 aliphatic carbocycles. The van der Waals surface area contributed by atoms with Crippen molar-refractivity contribution >= 4 is 40.8 Å². The number of carbonyl (C=O) groups is 2. The number of aryl methyl sites for hydroxylation is 1. The number of hydrogen-bond acceptors (Lipinski definition) is 4. The Morgan fingerprint density at radius 3 is 2.32 bits per heavy atom. The molecule has 5 rings (SSSR count). The van der Waals surface area contributed by atoms with Crippen LogP contribution in [0.3, 0.4) is 0 Å². The van der Waals surface area contributed by atoms with Crippen LogP contribution in [0, 0.1) is 11.3 Å². The van der Waals surface area contributed by atoms with Gasteiger partial charge in [-0.1, -0.05) is 65.7 Å². The first-order chi connectivity index (χ1) is 17.8. The van der Waals surface area contributed by atoms with Gasteiger partial charge in [-0.05, 0) is 60.8 Å². The molecule has 8 heteroatoms. The van der Waals surface area contributed by atoms with E-state index in [0.717, 1.165) is 24.9 Å². The molecule has 2 fully saturated rings. The van der Waals surface area contributed by atoms with Crippen LogP contribution in [0.15, 0.2) is 72.8 Å². The highest BCUT2D eigenvalue weighted by Gasteiger charge is 2.64. The number of urea groups is 1. The molecule has 0 bridgehead atoms. The number of nitriles is 1. The zero-order valence-electron chi connectivity index (χ0n) is 20.4. The SMILES string of the molecule is CN1C(=O)N(c2cc(Cl)cc(Cl)c2)C(=O)C12CN(CCCc1ccccc1)CC2c1ccc(C#N)cc1. The predicted molar refractivity (Wildman–Crippen MR) is 145 cm³/mol. The Labute approximate surface area is 226 Å². The molecule has 37 heavy (non-hydrogen) atoms. The van der Waals surface area contributed by atoms with Crippen LogP contribution in [0.25, 0.3) is 0 Å². The number of hydrogen-bond donors (Lipinski definition) is 0. The lowest BCUT2D eigenvalue weighted by atomic mass is 9.80. The van der Waals surface area contributed by atoms with Crippen LogP contribution in [0.2, 0.25) is 10.0 Å². The smallest absolute Gasteiger partial charge is 0.310 e. The zero-order chi connectivity index (χ0) is 26.2. The van der Waals surface area contributed by atoms with Crippen LogP contribution in [0.4, 0.5) is 10.5 Å². The summed E-state index contributed by atoms with van der Waals surface area (Å²) in [4.78, 5) is 32.8. The first-order valence-corrected chi connectivity index (χ1v) is 12.9. The highest BCUT2D eigenvalue weighted by atomic mass is 35.5. The molecule has 2 atom stereocenters. The van der Waals surface area contributed by atoms with E-state index in [0.29, 0.717) is 34.4 Å². The van der Waals surface area contributed by atoms with Crippen molar-refractivity contribution in [3.63, 3.8) is 0 Å². The number of likely N-dealkylation sites (N-methyl/N-ethyl adjacent to an activating group) is 1. The molecular weight excluding hydrogens is 507 g/mol. The number of anilines is 1. The van der Waals surface area contributed by atoms with E-state index in [1.165, 1.54) is 10.5 Å². The van der Waals surface area contributed by atoms with Crippen LogP contribution >= 0.6 is 23.2 Å². The van der Waals surface area contributed by atoms with Crippen molar-refractivity contribution in [3.8, 4) is 6.07 Å². The summed E-state index contributed by atoms with van der Waals surface area (Å²) in [5.74, 6) is -0.559. The van der Waals surface area contributed by atoms with E-state index in [1.54, 1.807) is 42.3 Å². The largest absolute Gasteiger partial charge is 0.332 e. The molecule has 3 amide bonds. The van der Waals surface area contributed by atoms with E-state index in [1.807, 2.05) is 30.3 Å². The molecule has 3 aromatic carbocycles. The standard InChI is InChI=1S/C29H26Cl2N4O2/c1-33-28(37)35(25-15-23(30)14-24(31)16-25)27(36)29(33)19-34(13-5-8-20-6-3-2-4-7-20)18-26(29)22-11-9-21(17-32)10-12-22/h2-4,6-7,9-12,14-16,26H,5,8,13,18-19H2,1H3. The Morgan fingerprint density at radius 1 is 1.00 bits per heavy atom. The first kappa shape index (κ1) is 25.3. The monoisotopic (exact) mass is 532 g/mol. The summed E-state index contributed by atoms with van der Waals surface area (Å²) >= 11 is 12.4. The first-order valence-electron chi connectivity index (χ1n) is 12.2. The normalized spacial score (nSPS) is 21.7. The van der Waals surface area contributed by atoms with Crippen LogP contribution in [-0.4, -0.2) is 54.0 Å². The number of rotatable bonds is 6. The third-order valence-electron chi connectivity index (χ3n) is 7.46. The molecule has 0 radical (unpaired) electrons. The highest BCUT2D eigenvalue weighted by molar-refractivity contribution is 6.35. The van der Waals surface area contributed by atoms with Crippen molar-refractivity contribution in [1.82, 2.24) is 9.80 Å². The second kappa shape index (κ2) is 10.2. The molecule has 1 spiro atoms. The van der Waals surface area contributed by atoms with Gasteiger partial charge >= 0.3 is 6.03 Å². The number of nitrogens with zero attached hydrogens (tertiary/aromatic N) is 4. The summed E-state index contributed by atoms with van der Waals surface area (Å²) in [5.41, 5.74) is 2.01. The van der Waals surface area contributed by atoms with Gasteiger partial charge < -0.3 is 4.90 Å². The lowest BCUT2D eigenvalue weighted by Crippen LogP contribution is -2.53. The minimum absolute atomic E-state index is 0.266. The molecule has 6 nitrogen and oxygen atoms in total. The van der Waals surface area contributed by atoms with Gasteiger partial charge in [0.2, 0.25) is 0 Å². The van der Waals surface area contributed by atoms with E-state index >= 15 is 0 Å². The maximum Gasteiger partial charge on any atom is 0.332 e. The van der Waals surface area contributed by atoms with E-state index < -0.39 is 11.6 Å². The maximum absolute atomic E-state index is 14.2. The van der Waals surface area contributed by atoms with E-state index in [4.69, 9.17) is 23.2 Å². The van der Waals surface area contributed by atoms with E-state index in [2.05, 4.69) is 23.1 Å². The van der Waals surface area contributed by atoms with E-state index in [9.17, 15) is 14.9 Å². The van der Waals surface area contributed by atoms with Gasteiger partial charge in [0.25, 0.3) is 5.91 Å². The van der Waals surface area contributed by atoms with Crippen LogP contribution in [0.5, 0.6) is 0 Å². The number of imide groups is 1. The average molecular weight is 533 g/mol. The van der Waals surface area contributed by atoms with Gasteiger partial charge in [0, 0.05) is 36.1 Å². The maximum atomic E-state index is 14.2. The minimum atomic E-state index is -1.09. The lowest BCUT2D eigenvalue weighted by Gasteiger charge is -2.34. The summed E-state index contributed by atoms with van der Waals surface area (Å²) < 4.78 is 0. The fraction of sp³-hybridized carbons (Fsp3) is 0.276. The topological polar surface area (TPSA) is 67.7 Å². The molecular formula is C29H26Cl2N4O2. The van der Waals surface area contributed by atoms with Gasteiger partial charge in [-0.3, -0.25) is 9.69 Å². The summed E-state index contributed by atoms with van der Waals surface area (Å²) in [6, 6.07) is 24.1. The molecule has 2 aliphatic heterocycles. The van der Waals surface area contributed by atoms with Crippen molar-refractivity contribution in [1.29, 1.82) is 5.26 Å². The van der Waals surface area contributed by atoms with Crippen LogP contribution in [-0.2, 0) is 11.2 Å². The molecule has 2 aliphatic rings. The lowest BCUT2D eigenvalue weighted by molar-refractivity contribution is -0.124. The fourth-order valence-corrected chi connectivity index (χ4v) is 6.13. The van der Waals surface area contributed by atoms with Gasteiger partial charge in [-0.2, -0.15) is 5.26 Å². The number of halogens is 2. The summed E-state index contributed by atoms with van der Waals surface area (Å²) in [6.07, 6.45) is 1.86. The highest BCUT2D eigenvalue weighted by Crippen LogP contribution is 2.46. The third-order valence-corrected chi connectivity index (χ3v) is 7.90. The predicted octanol–water partition coefficient (Wildman–Crippen LogP) is 5.73. The van der Waals surface area contributed by atoms with Gasteiger partial charge in [0.05, 0.1) is 17.3 Å². The summed E-state index contributed by atoms with van der Waals surface area (Å²) in [6.45, 7) is 1.83. The van der Waals surface area contributed by atoms with Gasteiger partial charge in [-0.25, -0.2) is 9.69 Å². The molecule has 0 N–H and O–H groups in total. The van der Waals surface area contributed by atoms with Crippen molar-refractivity contribution in [2.24, 2.45) is 0 Å². The molecule has 2 heterocycles. The number of carbonyl (C=O) groups excluding carboxylic acids is 2. The van der Waals surface area contributed by atoms with Crippen molar-refractivity contribution in [2.45, 2.75) is 24.3 Å². The van der Waals surface area contributed by atoms with Gasteiger partial charge in [0.1, 0.15) is 5.54 Å². The van der Waals surface area contributed by atoms with Crippen molar-refractivity contribution in [2.75, 3.05) is 31.6 Å². The van der Waals surface area contributed by atoms with Crippen LogP contribution < -0.4 is 4.90 Å². The second-order valence-corrected chi connectivity index (χ2v) is 10.5. The molecule has 188 valence electrons. The molecule has 0 saturated carbocycles. The Bertz CT molecular complexity index is 1350. The average Bonchev–Trinajstić information content (AvgIpc) is 3.36. The molecule has 2 saturated heterocycles. The summed E-state index contributed by atoms with van der Waals surface area (Å²) in [5, 5.41) is 9.97. The van der Waals surface area contributed by atoms with Gasteiger partial charge in [-0.15, -0.1) is 0 Å². The molecule has 3 aromatic rings. The molecule has 0 aromatic heterocycles. The number of likely N-dealkylation sites (tertiary alicyclic amines) is 1. The van der Waals surface area contributed by atoms with Crippen LogP contribution in [0.1, 0.15) is 29.0 Å². The third kappa shape index (κ3) is 4.59. The fourth-order valence-electron chi connectivity index (χ4n) is 5.61. The van der Waals surface area contributed by atoms with Crippen molar-refractivity contribution in [3.05, 3.63) is 99.5 Å². The number of amides is 3. The Hall–Kier alpha value is -3.37. The minimum Gasteiger partial charge on any atom is -0.310 e. The number of benzene rings is 3. The van der Waals surface area contributed by atoms with Gasteiger partial charge in [0.15, 0.2) is 0 Å². The zero-order valence-corrected chi connectivity index (χ0v) is 21.9. The quantitative estimate of drug-likeness (QED) is 0.380. The van der Waals surface area contributed by atoms with E-state index in [-0.39, 0.29) is 11.8 Å². The Morgan fingerprint density at radius 2 is 1.68 bits per heavy atom. The van der Waals surface area contributed by atoms with Crippen molar-refractivity contribution < 1.29 is 9.59 Å². The Balaban J connectivity index is 1.48. The second-order valence-electron chi connectivity index (χ2n) is 9.64. The Kier molecular flexibility index (Phi) is 6.96. The summed E-state index contributed by atoms with van der Waals surface area (Å²) in [7, 11) is 1.69.